The van der Waals surface area contributed by atoms with Gasteiger partial charge >= 0.3 is 0 Å². The molecule has 106 valence electrons. The Morgan fingerprint density at radius 3 is 2.70 bits per heavy atom. The lowest BCUT2D eigenvalue weighted by molar-refractivity contribution is 0.263. The molecule has 1 aromatic carbocycles. The Bertz CT molecular complexity index is 543. The summed E-state index contributed by atoms with van der Waals surface area (Å²) in [6.07, 6.45) is 1.83. The van der Waals surface area contributed by atoms with Gasteiger partial charge in [0.05, 0.1) is 12.8 Å². The average molecular weight is 271 g/mol. The van der Waals surface area contributed by atoms with E-state index in [4.69, 9.17) is 10.5 Å². The Balaban J connectivity index is 2.10. The number of nitrogens with two attached hydrogens (primary N) is 1. The molecule has 0 amide bonds. The number of hydrogen-bond donors (Lipinski definition) is 1. The van der Waals surface area contributed by atoms with Crippen LogP contribution in [0.1, 0.15) is 18.2 Å². The zero-order chi connectivity index (χ0) is 14.4. The summed E-state index contributed by atoms with van der Waals surface area (Å²) in [5.41, 5.74) is 8.72. The van der Waals surface area contributed by atoms with E-state index in [1.165, 1.54) is 0 Å². The number of rotatable bonds is 6. The lowest BCUT2D eigenvalue weighted by Crippen LogP contribution is -2.23. The number of pyridine rings is 1. The molecule has 0 saturated carbocycles. The first-order chi connectivity index (χ1) is 9.72. The van der Waals surface area contributed by atoms with Gasteiger partial charge in [-0.05, 0) is 24.7 Å². The van der Waals surface area contributed by atoms with Crippen molar-refractivity contribution in [3.05, 3.63) is 53.9 Å². The van der Waals surface area contributed by atoms with E-state index in [0.29, 0.717) is 0 Å². The van der Waals surface area contributed by atoms with Crippen molar-refractivity contribution in [1.82, 2.24) is 9.88 Å². The van der Waals surface area contributed by atoms with Gasteiger partial charge in [0.25, 0.3) is 0 Å². The Kier molecular flexibility index (Phi) is 4.96. The molecule has 2 rings (SSSR count). The molecule has 0 fully saturated rings. The molecule has 0 unspecified atom stereocenters. The number of hydrogen-bond acceptors (Lipinski definition) is 4. The van der Waals surface area contributed by atoms with Gasteiger partial charge in [-0.25, -0.2) is 0 Å². The highest BCUT2D eigenvalue weighted by molar-refractivity contribution is 5.48. The first-order valence-corrected chi connectivity index (χ1v) is 6.77. The van der Waals surface area contributed by atoms with Crippen LogP contribution < -0.4 is 10.5 Å². The van der Waals surface area contributed by atoms with Crippen LogP contribution in [0.2, 0.25) is 0 Å². The Morgan fingerprint density at radius 1 is 1.20 bits per heavy atom. The van der Waals surface area contributed by atoms with Crippen LogP contribution in [0.25, 0.3) is 0 Å². The summed E-state index contributed by atoms with van der Waals surface area (Å²) in [4.78, 5) is 6.69. The molecule has 4 heteroatoms. The second kappa shape index (κ2) is 6.91. The zero-order valence-electron chi connectivity index (χ0n) is 12.0. The number of nitrogens with zero attached hydrogens (tertiary/aromatic N) is 2. The second-order valence-electron chi connectivity index (χ2n) is 4.70. The third kappa shape index (κ3) is 3.71. The van der Waals surface area contributed by atoms with Gasteiger partial charge in [0.15, 0.2) is 0 Å². The van der Waals surface area contributed by atoms with Crippen LogP contribution in [0.5, 0.6) is 5.75 Å². The smallest absolute Gasteiger partial charge is 0.125 e. The summed E-state index contributed by atoms with van der Waals surface area (Å²) in [6, 6.07) is 11.8. The Labute approximate surface area is 120 Å². The molecule has 2 aromatic rings. The quantitative estimate of drug-likeness (QED) is 0.821. The summed E-state index contributed by atoms with van der Waals surface area (Å²) < 4.78 is 5.40. The fraction of sp³-hybridized carbons (Fsp3) is 0.312. The van der Waals surface area contributed by atoms with Gasteiger partial charge in [0, 0.05) is 36.6 Å². The fourth-order valence-electron chi connectivity index (χ4n) is 2.13. The SMILES string of the molecule is CCN(Cc1ccccn1)Cc1ccc(N)cc1OC. The molecule has 0 aliphatic carbocycles. The Morgan fingerprint density at radius 2 is 2.05 bits per heavy atom. The van der Waals surface area contributed by atoms with E-state index in [2.05, 4.69) is 16.8 Å². The molecule has 0 spiro atoms. The molecule has 20 heavy (non-hydrogen) atoms. The van der Waals surface area contributed by atoms with Crippen LogP contribution in [-0.2, 0) is 13.1 Å². The topological polar surface area (TPSA) is 51.4 Å². The molecule has 0 bridgehead atoms. The Hall–Kier alpha value is -2.07. The molecule has 2 N–H and O–H groups in total. The van der Waals surface area contributed by atoms with Gasteiger partial charge in [-0.2, -0.15) is 0 Å². The van der Waals surface area contributed by atoms with Crippen molar-refractivity contribution in [2.75, 3.05) is 19.4 Å². The first-order valence-electron chi connectivity index (χ1n) is 6.77. The lowest BCUT2D eigenvalue weighted by atomic mass is 10.1. The predicted molar refractivity (Wildman–Crippen MR) is 81.4 cm³/mol. The summed E-state index contributed by atoms with van der Waals surface area (Å²) in [5, 5.41) is 0. The number of nitrogen functional groups attached to an aromatic ring is 1. The number of ether oxygens (including phenoxy) is 1. The molecular formula is C16H21N3O. The molecular weight excluding hydrogens is 250 g/mol. The minimum Gasteiger partial charge on any atom is -0.496 e. The van der Waals surface area contributed by atoms with E-state index in [1.807, 2.05) is 42.6 Å². The second-order valence-corrected chi connectivity index (χ2v) is 4.70. The maximum atomic E-state index is 5.79. The monoisotopic (exact) mass is 271 g/mol. The number of methoxy groups -OCH3 is 1. The van der Waals surface area contributed by atoms with Crippen molar-refractivity contribution in [1.29, 1.82) is 0 Å². The normalized spacial score (nSPS) is 10.8. The van der Waals surface area contributed by atoms with Gasteiger partial charge in [-0.3, -0.25) is 9.88 Å². The zero-order valence-corrected chi connectivity index (χ0v) is 12.0. The maximum Gasteiger partial charge on any atom is 0.125 e. The minimum absolute atomic E-state index is 0.721. The van der Waals surface area contributed by atoms with Crippen LogP contribution in [0.15, 0.2) is 42.6 Å². The van der Waals surface area contributed by atoms with E-state index < -0.39 is 0 Å². The fourth-order valence-corrected chi connectivity index (χ4v) is 2.13. The van der Waals surface area contributed by atoms with Crippen molar-refractivity contribution in [3.8, 4) is 5.75 Å². The number of benzene rings is 1. The highest BCUT2D eigenvalue weighted by atomic mass is 16.5. The molecule has 0 atom stereocenters. The molecule has 4 nitrogen and oxygen atoms in total. The van der Waals surface area contributed by atoms with Gasteiger partial charge in [0.2, 0.25) is 0 Å². The highest BCUT2D eigenvalue weighted by Gasteiger charge is 2.10. The van der Waals surface area contributed by atoms with Crippen LogP contribution in [0.3, 0.4) is 0 Å². The predicted octanol–water partition coefficient (Wildman–Crippen LogP) is 2.69. The van der Waals surface area contributed by atoms with Crippen molar-refractivity contribution in [2.45, 2.75) is 20.0 Å². The summed E-state index contributed by atoms with van der Waals surface area (Å²) in [6.45, 7) is 4.73. The largest absolute Gasteiger partial charge is 0.496 e. The number of anilines is 1. The van der Waals surface area contributed by atoms with Crippen LogP contribution >= 0.6 is 0 Å². The highest BCUT2D eigenvalue weighted by Crippen LogP contribution is 2.23. The van der Waals surface area contributed by atoms with E-state index in [0.717, 1.165) is 42.3 Å². The minimum atomic E-state index is 0.721. The molecule has 1 heterocycles. The molecule has 0 aliphatic heterocycles. The van der Waals surface area contributed by atoms with Crippen LogP contribution in [-0.4, -0.2) is 23.5 Å². The van der Waals surface area contributed by atoms with Gasteiger partial charge in [-0.15, -0.1) is 0 Å². The average Bonchev–Trinajstić information content (AvgIpc) is 2.49. The third-order valence-electron chi connectivity index (χ3n) is 3.26. The van der Waals surface area contributed by atoms with Crippen LogP contribution in [0, 0.1) is 0 Å². The van der Waals surface area contributed by atoms with Crippen LogP contribution in [0.4, 0.5) is 5.69 Å². The molecule has 0 radical (unpaired) electrons. The summed E-state index contributed by atoms with van der Waals surface area (Å²) in [7, 11) is 1.67. The van der Waals surface area contributed by atoms with Gasteiger partial charge in [-0.1, -0.05) is 19.1 Å². The van der Waals surface area contributed by atoms with Gasteiger partial charge in [0.1, 0.15) is 5.75 Å². The number of aromatic nitrogens is 1. The first kappa shape index (κ1) is 14.3. The maximum absolute atomic E-state index is 5.79. The van der Waals surface area contributed by atoms with E-state index >= 15 is 0 Å². The molecule has 1 aromatic heterocycles. The summed E-state index contributed by atoms with van der Waals surface area (Å²) >= 11 is 0. The standard InChI is InChI=1S/C16H21N3O/c1-3-19(12-15-6-4-5-9-18-15)11-13-7-8-14(17)10-16(13)20-2/h4-10H,3,11-12,17H2,1-2H3. The summed E-state index contributed by atoms with van der Waals surface area (Å²) in [5.74, 6) is 0.837. The van der Waals surface area contributed by atoms with Crippen molar-refractivity contribution in [3.63, 3.8) is 0 Å². The van der Waals surface area contributed by atoms with Crippen molar-refractivity contribution >= 4 is 5.69 Å². The van der Waals surface area contributed by atoms with Crippen molar-refractivity contribution in [2.24, 2.45) is 0 Å². The molecule has 0 saturated heterocycles. The van der Waals surface area contributed by atoms with Gasteiger partial charge < -0.3 is 10.5 Å². The third-order valence-corrected chi connectivity index (χ3v) is 3.26. The van der Waals surface area contributed by atoms with Crippen molar-refractivity contribution < 1.29 is 4.74 Å². The van der Waals surface area contributed by atoms with E-state index in [1.54, 1.807) is 7.11 Å². The molecule has 0 aliphatic rings. The lowest BCUT2D eigenvalue weighted by Gasteiger charge is -2.21. The van der Waals surface area contributed by atoms with E-state index in [9.17, 15) is 0 Å². The van der Waals surface area contributed by atoms with E-state index in [-0.39, 0.29) is 0 Å².